The minimum Gasteiger partial charge on any atom is -0.299 e. The Morgan fingerprint density at radius 2 is 2.07 bits per heavy atom. The van der Waals surface area contributed by atoms with Crippen molar-refractivity contribution in [1.29, 1.82) is 0 Å². The molecule has 80 valence electrons. The smallest absolute Gasteiger partial charge is 0.142 e. The molecule has 15 heavy (non-hydrogen) atoms. The van der Waals surface area contributed by atoms with Gasteiger partial charge in [-0.25, -0.2) is 0 Å². The van der Waals surface area contributed by atoms with Crippen molar-refractivity contribution in [2.45, 2.75) is 31.1 Å². The van der Waals surface area contributed by atoms with Crippen molar-refractivity contribution < 1.29 is 9.00 Å². The second-order valence-electron chi connectivity index (χ2n) is 3.98. The van der Waals surface area contributed by atoms with Crippen molar-refractivity contribution in [1.82, 2.24) is 0 Å². The predicted octanol–water partition coefficient (Wildman–Crippen LogP) is 1.87. The van der Waals surface area contributed by atoms with Crippen molar-refractivity contribution in [3.63, 3.8) is 0 Å². The van der Waals surface area contributed by atoms with E-state index < -0.39 is 10.8 Å². The molecule has 1 aromatic rings. The highest BCUT2D eigenvalue weighted by atomic mass is 32.2. The summed E-state index contributed by atoms with van der Waals surface area (Å²) in [7, 11) is -1.16. The quantitative estimate of drug-likeness (QED) is 0.782. The number of ketones is 1. The van der Waals surface area contributed by atoms with Gasteiger partial charge in [0, 0.05) is 4.90 Å². The number of rotatable bonds is 3. The minimum absolute atomic E-state index is 0.0196. The number of carbonyl (C=O) groups is 1. The number of benzene rings is 1. The lowest BCUT2D eigenvalue weighted by Gasteiger charge is -2.03. The standard InChI is InChI=1S/C12H14O2S/c1-9(13)8-15(14)12-6-5-10-3-2-4-11(10)7-12/h5-7H,2-4,8H2,1H3. The van der Waals surface area contributed by atoms with Gasteiger partial charge in [-0.05, 0) is 49.4 Å². The number of carbonyl (C=O) groups excluding carboxylic acids is 1. The maximum absolute atomic E-state index is 11.7. The zero-order valence-electron chi connectivity index (χ0n) is 8.79. The average molecular weight is 222 g/mol. The van der Waals surface area contributed by atoms with Crippen LogP contribution in [0.4, 0.5) is 0 Å². The maximum Gasteiger partial charge on any atom is 0.142 e. The number of hydrogen-bond acceptors (Lipinski definition) is 2. The van der Waals surface area contributed by atoms with Gasteiger partial charge >= 0.3 is 0 Å². The van der Waals surface area contributed by atoms with Crippen LogP contribution in [-0.4, -0.2) is 15.7 Å². The van der Waals surface area contributed by atoms with Gasteiger partial charge < -0.3 is 0 Å². The Morgan fingerprint density at radius 3 is 2.80 bits per heavy atom. The Bertz CT molecular complexity index is 424. The molecule has 0 amide bonds. The van der Waals surface area contributed by atoms with Crippen molar-refractivity contribution in [3.8, 4) is 0 Å². The van der Waals surface area contributed by atoms with Crippen LogP contribution < -0.4 is 0 Å². The zero-order chi connectivity index (χ0) is 10.8. The summed E-state index contributed by atoms with van der Waals surface area (Å²) >= 11 is 0. The second kappa shape index (κ2) is 4.27. The number of hydrogen-bond donors (Lipinski definition) is 0. The molecule has 2 nitrogen and oxygen atoms in total. The fraction of sp³-hybridized carbons (Fsp3) is 0.417. The molecule has 1 unspecified atom stereocenters. The van der Waals surface area contributed by atoms with E-state index in [4.69, 9.17) is 0 Å². The number of Topliss-reactive ketones (excluding diaryl/α,β-unsaturated/α-hetero) is 1. The summed E-state index contributed by atoms with van der Waals surface area (Å²) in [6, 6.07) is 5.94. The van der Waals surface area contributed by atoms with E-state index in [1.807, 2.05) is 12.1 Å². The molecule has 0 fully saturated rings. The monoisotopic (exact) mass is 222 g/mol. The van der Waals surface area contributed by atoms with E-state index in [0.717, 1.165) is 17.7 Å². The minimum atomic E-state index is -1.16. The molecule has 0 aromatic heterocycles. The molecule has 0 spiro atoms. The maximum atomic E-state index is 11.7. The third-order valence-corrected chi connectivity index (χ3v) is 4.12. The van der Waals surface area contributed by atoms with Gasteiger partial charge in [0.15, 0.2) is 0 Å². The molecular weight excluding hydrogens is 208 g/mol. The Labute approximate surface area is 92.2 Å². The fourth-order valence-electron chi connectivity index (χ4n) is 1.96. The van der Waals surface area contributed by atoms with Gasteiger partial charge in [-0.1, -0.05) is 6.07 Å². The SMILES string of the molecule is CC(=O)CS(=O)c1ccc2c(c1)CCC2. The Balaban J connectivity index is 2.23. The Morgan fingerprint density at radius 1 is 1.33 bits per heavy atom. The lowest BCUT2D eigenvalue weighted by molar-refractivity contribution is -0.114. The van der Waals surface area contributed by atoms with E-state index in [9.17, 15) is 9.00 Å². The molecule has 2 rings (SSSR count). The first kappa shape index (κ1) is 10.6. The van der Waals surface area contributed by atoms with Gasteiger partial charge in [0.1, 0.15) is 5.78 Å². The van der Waals surface area contributed by atoms with Crippen LogP contribution in [0.3, 0.4) is 0 Å². The van der Waals surface area contributed by atoms with E-state index in [-0.39, 0.29) is 11.5 Å². The largest absolute Gasteiger partial charge is 0.299 e. The molecule has 3 heteroatoms. The van der Waals surface area contributed by atoms with Crippen LogP contribution in [0.2, 0.25) is 0 Å². The van der Waals surface area contributed by atoms with Crippen LogP contribution in [0.1, 0.15) is 24.5 Å². The molecule has 0 bridgehead atoms. The van der Waals surface area contributed by atoms with Gasteiger partial charge in [0.25, 0.3) is 0 Å². The zero-order valence-corrected chi connectivity index (χ0v) is 9.60. The summed E-state index contributed by atoms with van der Waals surface area (Å²) in [5, 5.41) is 0. The summed E-state index contributed by atoms with van der Waals surface area (Å²) < 4.78 is 11.7. The van der Waals surface area contributed by atoms with Crippen molar-refractivity contribution in [2.75, 3.05) is 5.75 Å². The van der Waals surface area contributed by atoms with E-state index in [0.29, 0.717) is 0 Å². The van der Waals surface area contributed by atoms with Crippen LogP contribution >= 0.6 is 0 Å². The molecule has 0 heterocycles. The molecule has 0 saturated heterocycles. The third kappa shape index (κ3) is 2.34. The van der Waals surface area contributed by atoms with E-state index in [2.05, 4.69) is 6.07 Å². The molecule has 0 aliphatic heterocycles. The normalized spacial score (nSPS) is 16.1. The lowest BCUT2D eigenvalue weighted by atomic mass is 10.1. The van der Waals surface area contributed by atoms with E-state index in [1.165, 1.54) is 24.5 Å². The van der Waals surface area contributed by atoms with Crippen LogP contribution in [0.25, 0.3) is 0 Å². The fourth-order valence-corrected chi connectivity index (χ4v) is 2.99. The topological polar surface area (TPSA) is 34.1 Å². The van der Waals surface area contributed by atoms with Gasteiger partial charge in [-0.15, -0.1) is 0 Å². The summed E-state index contributed by atoms with van der Waals surface area (Å²) in [4.78, 5) is 11.7. The highest BCUT2D eigenvalue weighted by Gasteiger charge is 2.13. The van der Waals surface area contributed by atoms with Gasteiger partial charge in [-0.3, -0.25) is 9.00 Å². The highest BCUT2D eigenvalue weighted by molar-refractivity contribution is 7.85. The first-order chi connectivity index (χ1) is 7.16. The molecule has 1 aromatic carbocycles. The van der Waals surface area contributed by atoms with Crippen LogP contribution in [-0.2, 0) is 28.4 Å². The predicted molar refractivity (Wildman–Crippen MR) is 60.4 cm³/mol. The van der Waals surface area contributed by atoms with E-state index in [1.54, 1.807) is 0 Å². The van der Waals surface area contributed by atoms with Crippen molar-refractivity contribution >= 4 is 16.6 Å². The first-order valence-electron chi connectivity index (χ1n) is 5.16. The molecule has 0 N–H and O–H groups in total. The summed E-state index contributed by atoms with van der Waals surface area (Å²) in [5.74, 6) is 0.118. The van der Waals surface area contributed by atoms with Crippen LogP contribution in [0, 0.1) is 0 Å². The van der Waals surface area contributed by atoms with E-state index >= 15 is 0 Å². The van der Waals surface area contributed by atoms with Gasteiger partial charge in [0.2, 0.25) is 0 Å². The lowest BCUT2D eigenvalue weighted by Crippen LogP contribution is -2.06. The molecule has 1 aliphatic carbocycles. The molecule has 0 radical (unpaired) electrons. The molecule has 1 aliphatic rings. The molecule has 0 saturated carbocycles. The van der Waals surface area contributed by atoms with Crippen molar-refractivity contribution in [3.05, 3.63) is 29.3 Å². The Hall–Kier alpha value is -0.960. The van der Waals surface area contributed by atoms with Crippen molar-refractivity contribution in [2.24, 2.45) is 0 Å². The molecular formula is C12H14O2S. The van der Waals surface area contributed by atoms with Crippen LogP contribution in [0.15, 0.2) is 23.1 Å². The summed E-state index contributed by atoms with van der Waals surface area (Å²) in [6.07, 6.45) is 3.41. The number of fused-ring (bicyclic) bond motifs is 1. The van der Waals surface area contributed by atoms with Gasteiger partial charge in [-0.2, -0.15) is 0 Å². The average Bonchev–Trinajstić information content (AvgIpc) is 2.62. The van der Waals surface area contributed by atoms with Crippen LogP contribution in [0.5, 0.6) is 0 Å². The molecule has 1 atom stereocenters. The summed E-state index contributed by atoms with van der Waals surface area (Å²) in [5.41, 5.74) is 2.68. The first-order valence-corrected chi connectivity index (χ1v) is 6.48. The highest BCUT2D eigenvalue weighted by Crippen LogP contribution is 2.24. The second-order valence-corrected chi connectivity index (χ2v) is 5.43. The Kier molecular flexibility index (Phi) is 3.00. The third-order valence-electron chi connectivity index (χ3n) is 2.67. The van der Waals surface area contributed by atoms with Gasteiger partial charge in [0.05, 0.1) is 16.6 Å². The summed E-state index contributed by atoms with van der Waals surface area (Å²) in [6.45, 7) is 1.48. The number of aryl methyl sites for hydroxylation is 2.